The van der Waals surface area contributed by atoms with Gasteiger partial charge in [-0.3, -0.25) is 9.59 Å². The molecule has 2 fully saturated rings. The molecule has 144 valence electrons. The van der Waals surface area contributed by atoms with Crippen LogP contribution in [0.2, 0.25) is 0 Å². The molecule has 1 saturated carbocycles. The fourth-order valence-electron chi connectivity index (χ4n) is 4.06. The number of pyridine rings is 1. The van der Waals surface area contributed by atoms with Crippen LogP contribution in [0.15, 0.2) is 10.6 Å². The molecule has 4 rings (SSSR count). The summed E-state index contributed by atoms with van der Waals surface area (Å²) in [6.07, 6.45) is 4.35. The highest BCUT2D eigenvalue weighted by Gasteiger charge is 2.35. The Bertz CT molecular complexity index is 887. The van der Waals surface area contributed by atoms with Crippen LogP contribution in [0.25, 0.3) is 11.1 Å². The second-order valence-electron chi connectivity index (χ2n) is 8.01. The third-order valence-corrected chi connectivity index (χ3v) is 5.55. The molecule has 0 bridgehead atoms. The number of aromatic nitrogens is 2. The van der Waals surface area contributed by atoms with Gasteiger partial charge in [-0.15, -0.1) is 0 Å². The van der Waals surface area contributed by atoms with Gasteiger partial charge in [-0.25, -0.2) is 4.98 Å². The SMILES string of the molecule is CCCc1noc2nc(C3CC3)cc(C(=O)N3CC(C)CC(C(=O)O)C3)c12. The summed E-state index contributed by atoms with van der Waals surface area (Å²) in [6, 6.07) is 1.88. The number of rotatable bonds is 5. The van der Waals surface area contributed by atoms with Crippen molar-refractivity contribution >= 4 is 23.0 Å². The number of carboxylic acid groups (broad SMARTS) is 1. The molecule has 1 aliphatic carbocycles. The number of carbonyl (C=O) groups is 2. The van der Waals surface area contributed by atoms with Crippen molar-refractivity contribution in [3.63, 3.8) is 0 Å². The second-order valence-corrected chi connectivity index (χ2v) is 8.01. The number of nitrogens with zero attached hydrogens (tertiary/aromatic N) is 3. The van der Waals surface area contributed by atoms with Gasteiger partial charge in [0.15, 0.2) is 0 Å². The predicted octanol–water partition coefficient (Wildman–Crippen LogP) is 3.24. The molecular formula is C20H25N3O4. The zero-order chi connectivity index (χ0) is 19.1. The third-order valence-electron chi connectivity index (χ3n) is 5.55. The Labute approximate surface area is 157 Å². The number of aryl methyl sites for hydroxylation is 1. The normalized spacial score (nSPS) is 23.0. The largest absolute Gasteiger partial charge is 0.481 e. The molecule has 0 radical (unpaired) electrons. The van der Waals surface area contributed by atoms with Crippen LogP contribution in [0.3, 0.4) is 0 Å². The summed E-state index contributed by atoms with van der Waals surface area (Å²) in [5.74, 6) is -0.956. The maximum absolute atomic E-state index is 13.4. The van der Waals surface area contributed by atoms with Gasteiger partial charge in [0, 0.05) is 24.7 Å². The Kier molecular flexibility index (Phi) is 4.61. The van der Waals surface area contributed by atoms with E-state index in [1.54, 1.807) is 4.90 Å². The van der Waals surface area contributed by atoms with Crippen LogP contribution in [0.1, 0.15) is 67.2 Å². The smallest absolute Gasteiger partial charge is 0.308 e. The molecule has 1 aliphatic heterocycles. The van der Waals surface area contributed by atoms with E-state index in [2.05, 4.69) is 17.1 Å². The number of hydrogen-bond donors (Lipinski definition) is 1. The van der Waals surface area contributed by atoms with E-state index in [0.29, 0.717) is 42.0 Å². The summed E-state index contributed by atoms with van der Waals surface area (Å²) < 4.78 is 5.45. The van der Waals surface area contributed by atoms with E-state index < -0.39 is 11.9 Å². The van der Waals surface area contributed by atoms with Crippen LogP contribution < -0.4 is 0 Å². The Balaban J connectivity index is 1.75. The lowest BCUT2D eigenvalue weighted by atomic mass is 9.90. The average molecular weight is 371 g/mol. The van der Waals surface area contributed by atoms with E-state index in [9.17, 15) is 14.7 Å². The van der Waals surface area contributed by atoms with E-state index in [1.807, 2.05) is 13.0 Å². The Hall–Kier alpha value is -2.44. The maximum Gasteiger partial charge on any atom is 0.308 e. The number of hydrogen-bond acceptors (Lipinski definition) is 5. The summed E-state index contributed by atoms with van der Waals surface area (Å²) in [7, 11) is 0. The lowest BCUT2D eigenvalue weighted by Gasteiger charge is -2.34. The van der Waals surface area contributed by atoms with Gasteiger partial charge in [-0.2, -0.15) is 0 Å². The summed E-state index contributed by atoms with van der Waals surface area (Å²) in [6.45, 7) is 4.86. The number of amides is 1. The van der Waals surface area contributed by atoms with Gasteiger partial charge in [-0.1, -0.05) is 25.4 Å². The van der Waals surface area contributed by atoms with Crippen molar-refractivity contribution in [1.82, 2.24) is 15.0 Å². The van der Waals surface area contributed by atoms with Crippen LogP contribution in [0.4, 0.5) is 0 Å². The van der Waals surface area contributed by atoms with Gasteiger partial charge in [0.25, 0.3) is 11.6 Å². The van der Waals surface area contributed by atoms with Crippen molar-refractivity contribution in [2.45, 2.75) is 51.9 Å². The van der Waals surface area contributed by atoms with Crippen molar-refractivity contribution in [3.8, 4) is 0 Å². The van der Waals surface area contributed by atoms with Gasteiger partial charge < -0.3 is 14.5 Å². The second kappa shape index (κ2) is 6.94. The molecular weight excluding hydrogens is 346 g/mol. The van der Waals surface area contributed by atoms with Crippen LogP contribution in [0.5, 0.6) is 0 Å². The quantitative estimate of drug-likeness (QED) is 0.867. The molecule has 3 heterocycles. The van der Waals surface area contributed by atoms with E-state index in [0.717, 1.165) is 30.7 Å². The lowest BCUT2D eigenvalue weighted by Crippen LogP contribution is -2.45. The first-order valence-electron chi connectivity index (χ1n) is 9.79. The fraction of sp³-hybridized carbons (Fsp3) is 0.600. The van der Waals surface area contributed by atoms with E-state index in [-0.39, 0.29) is 18.4 Å². The predicted molar refractivity (Wildman–Crippen MR) is 98.6 cm³/mol. The molecule has 1 saturated heterocycles. The van der Waals surface area contributed by atoms with Gasteiger partial charge >= 0.3 is 5.97 Å². The number of piperidine rings is 1. The maximum atomic E-state index is 13.4. The highest BCUT2D eigenvalue weighted by atomic mass is 16.5. The number of carbonyl (C=O) groups excluding carboxylic acids is 1. The Morgan fingerprint density at radius 2 is 2.11 bits per heavy atom. The zero-order valence-corrected chi connectivity index (χ0v) is 15.8. The minimum Gasteiger partial charge on any atom is -0.481 e. The number of likely N-dealkylation sites (tertiary alicyclic amines) is 1. The highest BCUT2D eigenvalue weighted by Crippen LogP contribution is 2.41. The van der Waals surface area contributed by atoms with Crippen molar-refractivity contribution in [2.75, 3.05) is 13.1 Å². The molecule has 2 atom stereocenters. The standard InChI is InChI=1S/C20H25N3O4/c1-3-4-15-17-14(8-16(12-5-6-12)21-18(17)27-22-15)19(24)23-9-11(2)7-13(10-23)20(25)26/h8,11-13H,3-7,9-10H2,1-2H3,(H,25,26). The molecule has 2 aliphatic rings. The molecule has 1 N–H and O–H groups in total. The summed E-state index contributed by atoms with van der Waals surface area (Å²) in [4.78, 5) is 31.2. The van der Waals surface area contributed by atoms with Crippen LogP contribution in [-0.2, 0) is 11.2 Å². The number of aliphatic carboxylic acids is 1. The molecule has 0 spiro atoms. The lowest BCUT2D eigenvalue weighted by molar-refractivity contribution is -0.143. The van der Waals surface area contributed by atoms with Crippen LogP contribution >= 0.6 is 0 Å². The first-order valence-corrected chi connectivity index (χ1v) is 9.79. The minimum atomic E-state index is -0.838. The van der Waals surface area contributed by atoms with Gasteiger partial charge in [0.1, 0.15) is 0 Å². The zero-order valence-electron chi connectivity index (χ0n) is 15.8. The van der Waals surface area contributed by atoms with Crippen molar-refractivity contribution in [3.05, 3.63) is 23.0 Å². The number of carboxylic acids is 1. The van der Waals surface area contributed by atoms with Crippen molar-refractivity contribution in [2.24, 2.45) is 11.8 Å². The molecule has 1 amide bonds. The average Bonchev–Trinajstić information content (AvgIpc) is 3.42. The number of fused-ring (bicyclic) bond motifs is 1. The van der Waals surface area contributed by atoms with Crippen LogP contribution in [-0.4, -0.2) is 45.1 Å². The third kappa shape index (κ3) is 3.42. The summed E-state index contributed by atoms with van der Waals surface area (Å²) >= 11 is 0. The van der Waals surface area contributed by atoms with E-state index in [1.165, 1.54) is 0 Å². The van der Waals surface area contributed by atoms with Gasteiger partial charge in [-0.05, 0) is 37.7 Å². The Morgan fingerprint density at radius 3 is 2.78 bits per heavy atom. The molecule has 0 aromatic carbocycles. The molecule has 2 aromatic rings. The summed E-state index contributed by atoms with van der Waals surface area (Å²) in [5.41, 5.74) is 2.62. The first-order chi connectivity index (χ1) is 13.0. The molecule has 2 aromatic heterocycles. The van der Waals surface area contributed by atoms with E-state index >= 15 is 0 Å². The van der Waals surface area contributed by atoms with Crippen molar-refractivity contribution < 1.29 is 19.2 Å². The molecule has 7 nitrogen and oxygen atoms in total. The monoisotopic (exact) mass is 371 g/mol. The Morgan fingerprint density at radius 1 is 1.33 bits per heavy atom. The molecule has 7 heteroatoms. The van der Waals surface area contributed by atoms with E-state index in [4.69, 9.17) is 4.52 Å². The van der Waals surface area contributed by atoms with Gasteiger partial charge in [0.05, 0.1) is 22.6 Å². The first kappa shape index (κ1) is 17.9. The fourth-order valence-corrected chi connectivity index (χ4v) is 4.06. The summed E-state index contributed by atoms with van der Waals surface area (Å²) in [5, 5.41) is 14.3. The molecule has 27 heavy (non-hydrogen) atoms. The van der Waals surface area contributed by atoms with Crippen LogP contribution in [0, 0.1) is 11.8 Å². The topological polar surface area (TPSA) is 96.5 Å². The highest BCUT2D eigenvalue weighted by molar-refractivity contribution is 6.06. The molecule has 2 unspecified atom stereocenters. The van der Waals surface area contributed by atoms with Gasteiger partial charge in [0.2, 0.25) is 0 Å². The minimum absolute atomic E-state index is 0.136. The van der Waals surface area contributed by atoms with Crippen molar-refractivity contribution in [1.29, 1.82) is 0 Å².